The number of benzene rings is 2. The van der Waals surface area contributed by atoms with Gasteiger partial charge in [-0.1, -0.05) is 48.5 Å². The van der Waals surface area contributed by atoms with E-state index < -0.39 is 18.2 Å². The van der Waals surface area contributed by atoms with Gasteiger partial charge in [0.1, 0.15) is 5.75 Å². The number of carbonyl (C=O) groups is 1. The SMILES string of the molecule is Cc1cccc(OC(C)C(=O)OC(c2ccccc2)c2ccccn2)c1. The molecular formula is C22H21NO3. The maximum Gasteiger partial charge on any atom is 0.348 e. The van der Waals surface area contributed by atoms with Gasteiger partial charge in [-0.2, -0.15) is 0 Å². The molecule has 3 rings (SSSR count). The molecule has 0 saturated carbocycles. The van der Waals surface area contributed by atoms with Crippen LogP contribution in [0.2, 0.25) is 0 Å². The normalized spacial score (nSPS) is 12.8. The topological polar surface area (TPSA) is 48.4 Å². The van der Waals surface area contributed by atoms with Crippen LogP contribution in [0.1, 0.15) is 29.8 Å². The Labute approximate surface area is 153 Å². The summed E-state index contributed by atoms with van der Waals surface area (Å²) < 4.78 is 11.5. The van der Waals surface area contributed by atoms with Crippen LogP contribution in [0.5, 0.6) is 5.75 Å². The van der Waals surface area contributed by atoms with Crippen LogP contribution in [-0.4, -0.2) is 17.1 Å². The lowest BCUT2D eigenvalue weighted by atomic mass is 10.1. The van der Waals surface area contributed by atoms with Gasteiger partial charge in [0.05, 0.1) is 5.69 Å². The van der Waals surface area contributed by atoms with Crippen LogP contribution in [0.25, 0.3) is 0 Å². The van der Waals surface area contributed by atoms with Crippen molar-refractivity contribution in [3.8, 4) is 5.75 Å². The van der Waals surface area contributed by atoms with Crippen molar-refractivity contribution < 1.29 is 14.3 Å². The second-order valence-electron chi connectivity index (χ2n) is 6.06. The number of aromatic nitrogens is 1. The van der Waals surface area contributed by atoms with Crippen molar-refractivity contribution in [2.24, 2.45) is 0 Å². The number of ether oxygens (including phenoxy) is 2. The monoisotopic (exact) mass is 347 g/mol. The fourth-order valence-corrected chi connectivity index (χ4v) is 2.61. The maximum absolute atomic E-state index is 12.6. The molecule has 26 heavy (non-hydrogen) atoms. The van der Waals surface area contributed by atoms with Crippen LogP contribution < -0.4 is 4.74 Å². The molecule has 0 spiro atoms. The van der Waals surface area contributed by atoms with E-state index in [1.54, 1.807) is 13.1 Å². The Balaban J connectivity index is 1.77. The lowest BCUT2D eigenvalue weighted by molar-refractivity contribution is -0.155. The van der Waals surface area contributed by atoms with Crippen molar-refractivity contribution in [3.05, 3.63) is 95.8 Å². The zero-order valence-corrected chi connectivity index (χ0v) is 14.8. The maximum atomic E-state index is 12.6. The van der Waals surface area contributed by atoms with Gasteiger partial charge in [0, 0.05) is 6.20 Å². The lowest BCUT2D eigenvalue weighted by Crippen LogP contribution is -2.28. The predicted molar refractivity (Wildman–Crippen MR) is 99.9 cm³/mol. The van der Waals surface area contributed by atoms with E-state index in [1.165, 1.54) is 0 Å². The molecule has 0 saturated heterocycles. The van der Waals surface area contributed by atoms with Crippen LogP contribution in [0, 0.1) is 6.92 Å². The first kappa shape index (κ1) is 17.7. The second kappa shape index (κ2) is 8.30. The standard InChI is InChI=1S/C22H21NO3/c1-16-9-8-12-19(15-16)25-17(2)22(24)26-21(18-10-4-3-5-11-18)20-13-6-7-14-23-20/h3-15,17,21H,1-2H3. The molecule has 0 N–H and O–H groups in total. The second-order valence-corrected chi connectivity index (χ2v) is 6.06. The van der Waals surface area contributed by atoms with Crippen molar-refractivity contribution in [2.75, 3.05) is 0 Å². The Hall–Kier alpha value is -3.14. The molecule has 2 atom stereocenters. The summed E-state index contributed by atoms with van der Waals surface area (Å²) in [6.45, 7) is 3.66. The van der Waals surface area contributed by atoms with E-state index in [4.69, 9.17) is 9.47 Å². The summed E-state index contributed by atoms with van der Waals surface area (Å²) in [4.78, 5) is 17.0. The van der Waals surface area contributed by atoms with Crippen molar-refractivity contribution in [2.45, 2.75) is 26.1 Å². The van der Waals surface area contributed by atoms with Crippen molar-refractivity contribution in [1.29, 1.82) is 0 Å². The summed E-state index contributed by atoms with van der Waals surface area (Å²) in [5.41, 5.74) is 2.61. The first-order valence-electron chi connectivity index (χ1n) is 8.53. The number of nitrogens with zero attached hydrogens (tertiary/aromatic N) is 1. The molecule has 0 amide bonds. The minimum Gasteiger partial charge on any atom is -0.479 e. The van der Waals surface area contributed by atoms with E-state index in [0.717, 1.165) is 11.1 Å². The van der Waals surface area contributed by atoms with Crippen LogP contribution in [0.4, 0.5) is 0 Å². The van der Waals surface area contributed by atoms with E-state index in [-0.39, 0.29) is 0 Å². The fraction of sp³-hybridized carbons (Fsp3) is 0.182. The average molecular weight is 347 g/mol. The van der Waals surface area contributed by atoms with Gasteiger partial charge < -0.3 is 9.47 Å². The van der Waals surface area contributed by atoms with Gasteiger partial charge in [0.15, 0.2) is 12.2 Å². The smallest absolute Gasteiger partial charge is 0.348 e. The molecule has 4 nitrogen and oxygen atoms in total. The largest absolute Gasteiger partial charge is 0.479 e. The molecule has 0 bridgehead atoms. The van der Waals surface area contributed by atoms with Gasteiger partial charge >= 0.3 is 5.97 Å². The Morgan fingerprint density at radius 1 is 0.962 bits per heavy atom. The molecule has 0 fully saturated rings. The van der Waals surface area contributed by atoms with Crippen molar-refractivity contribution in [1.82, 2.24) is 4.98 Å². The Bertz CT molecular complexity index is 810. The van der Waals surface area contributed by atoms with E-state index in [2.05, 4.69) is 4.98 Å². The molecule has 2 unspecified atom stereocenters. The highest BCUT2D eigenvalue weighted by Gasteiger charge is 2.24. The third kappa shape index (κ3) is 4.48. The van der Waals surface area contributed by atoms with Crippen molar-refractivity contribution >= 4 is 5.97 Å². The molecule has 1 aromatic heterocycles. The van der Waals surface area contributed by atoms with Crippen LogP contribution >= 0.6 is 0 Å². The molecule has 1 heterocycles. The predicted octanol–water partition coefficient (Wildman–Crippen LogP) is 4.49. The van der Waals surface area contributed by atoms with E-state index in [1.807, 2.05) is 79.7 Å². The Morgan fingerprint density at radius 3 is 2.42 bits per heavy atom. The zero-order valence-electron chi connectivity index (χ0n) is 14.8. The van der Waals surface area contributed by atoms with Crippen LogP contribution in [0.15, 0.2) is 79.0 Å². The van der Waals surface area contributed by atoms with Crippen molar-refractivity contribution in [3.63, 3.8) is 0 Å². The summed E-state index contributed by atoms with van der Waals surface area (Å²) in [6, 6.07) is 22.7. The summed E-state index contributed by atoms with van der Waals surface area (Å²) >= 11 is 0. The van der Waals surface area contributed by atoms with E-state index in [0.29, 0.717) is 11.4 Å². The number of carbonyl (C=O) groups excluding carboxylic acids is 1. The lowest BCUT2D eigenvalue weighted by Gasteiger charge is -2.21. The summed E-state index contributed by atoms with van der Waals surface area (Å²) in [6.07, 6.45) is 0.381. The molecule has 4 heteroatoms. The number of pyridine rings is 1. The van der Waals surface area contributed by atoms with Gasteiger partial charge in [-0.15, -0.1) is 0 Å². The highest BCUT2D eigenvalue weighted by molar-refractivity contribution is 5.75. The molecule has 0 aliphatic carbocycles. The quantitative estimate of drug-likeness (QED) is 0.617. The minimum absolute atomic E-state index is 0.439. The molecule has 3 aromatic rings. The van der Waals surface area contributed by atoms with Gasteiger partial charge in [0.2, 0.25) is 0 Å². The van der Waals surface area contributed by atoms with Crippen LogP contribution in [-0.2, 0) is 9.53 Å². The Morgan fingerprint density at radius 2 is 1.73 bits per heavy atom. The number of esters is 1. The molecule has 2 aromatic carbocycles. The fourth-order valence-electron chi connectivity index (χ4n) is 2.61. The van der Waals surface area contributed by atoms with E-state index >= 15 is 0 Å². The Kier molecular flexibility index (Phi) is 5.64. The molecule has 0 aliphatic rings. The first-order chi connectivity index (χ1) is 12.6. The number of hydrogen-bond donors (Lipinski definition) is 0. The summed E-state index contributed by atoms with van der Waals surface area (Å²) in [5, 5.41) is 0. The van der Waals surface area contributed by atoms with Gasteiger partial charge in [-0.05, 0) is 49.2 Å². The average Bonchev–Trinajstić information content (AvgIpc) is 2.67. The van der Waals surface area contributed by atoms with Gasteiger partial charge in [-0.3, -0.25) is 4.98 Å². The first-order valence-corrected chi connectivity index (χ1v) is 8.53. The zero-order chi connectivity index (χ0) is 18.4. The number of hydrogen-bond acceptors (Lipinski definition) is 4. The number of rotatable bonds is 6. The third-order valence-corrected chi connectivity index (χ3v) is 3.93. The van der Waals surface area contributed by atoms with Gasteiger partial charge in [0.25, 0.3) is 0 Å². The highest BCUT2D eigenvalue weighted by Crippen LogP contribution is 2.25. The summed E-state index contributed by atoms with van der Waals surface area (Å²) in [7, 11) is 0. The molecule has 0 radical (unpaired) electrons. The van der Waals surface area contributed by atoms with Crippen LogP contribution in [0.3, 0.4) is 0 Å². The molecular weight excluding hydrogens is 326 g/mol. The third-order valence-electron chi connectivity index (χ3n) is 3.93. The highest BCUT2D eigenvalue weighted by atomic mass is 16.6. The number of aryl methyl sites for hydroxylation is 1. The molecule has 132 valence electrons. The van der Waals surface area contributed by atoms with Gasteiger partial charge in [-0.25, -0.2) is 4.79 Å². The summed E-state index contributed by atoms with van der Waals surface area (Å²) in [5.74, 6) is 0.203. The van der Waals surface area contributed by atoms with E-state index in [9.17, 15) is 4.79 Å². The molecule has 0 aliphatic heterocycles. The minimum atomic E-state index is -0.730.